The lowest BCUT2D eigenvalue weighted by atomic mass is 10.3. The smallest absolute Gasteiger partial charge is 0.333 e. The first kappa shape index (κ1) is 13.3. The molecule has 2 rings (SSSR count). The Bertz CT molecular complexity index is 582. The summed E-state index contributed by atoms with van der Waals surface area (Å²) in [6.07, 6.45) is -4.83. The zero-order valence-electron chi connectivity index (χ0n) is 9.52. The molecule has 4 N–H and O–H groups in total. The molecule has 1 saturated heterocycles. The van der Waals surface area contributed by atoms with Crippen LogP contribution in [0.4, 0.5) is 19.1 Å². The highest BCUT2D eigenvalue weighted by Crippen LogP contribution is 2.28. The van der Waals surface area contributed by atoms with Crippen molar-refractivity contribution in [1.82, 2.24) is 9.66 Å². The molecule has 0 aliphatic carbocycles. The van der Waals surface area contributed by atoms with Gasteiger partial charge in [-0.3, -0.25) is 14.5 Å². The molecule has 7 nitrogen and oxygen atoms in total. The minimum Gasteiger partial charge on any atom is -0.333 e. The molecule has 2 heterocycles. The molecular weight excluding hydrogens is 267 g/mol. The molecule has 1 aliphatic heterocycles. The van der Waals surface area contributed by atoms with E-state index in [4.69, 9.17) is 11.6 Å². The fourth-order valence-electron chi connectivity index (χ4n) is 1.74. The Morgan fingerprint density at radius 1 is 1.37 bits per heavy atom. The molecule has 1 amide bonds. The first-order valence-electron chi connectivity index (χ1n) is 5.22. The number of hydrogen-bond acceptors (Lipinski definition) is 5. The molecule has 1 aromatic heterocycles. The second kappa shape index (κ2) is 4.23. The molecule has 0 spiro atoms. The van der Waals surface area contributed by atoms with E-state index in [1.807, 2.05) is 0 Å². The summed E-state index contributed by atoms with van der Waals surface area (Å²) in [6, 6.07) is -0.261. The summed E-state index contributed by atoms with van der Waals surface area (Å²) in [7, 11) is 0. The van der Waals surface area contributed by atoms with Gasteiger partial charge in [0.25, 0.3) is 5.56 Å². The van der Waals surface area contributed by atoms with Gasteiger partial charge >= 0.3 is 6.18 Å². The number of nitrogen functional groups attached to an aromatic ring is 1. The molecule has 1 atom stereocenters. The van der Waals surface area contributed by atoms with E-state index in [0.717, 1.165) is 4.90 Å². The van der Waals surface area contributed by atoms with Crippen molar-refractivity contribution in [1.29, 1.82) is 0 Å². The number of nitrogens with two attached hydrogens (primary N) is 2. The highest BCUT2D eigenvalue weighted by molar-refractivity contribution is 5.94. The molecule has 10 heteroatoms. The predicted molar refractivity (Wildman–Crippen MR) is 58.6 cm³/mol. The molecule has 1 unspecified atom stereocenters. The maximum absolute atomic E-state index is 12.6. The summed E-state index contributed by atoms with van der Waals surface area (Å²) in [4.78, 5) is 27.1. The van der Waals surface area contributed by atoms with E-state index in [0.29, 0.717) is 4.68 Å². The highest BCUT2D eigenvalue weighted by Gasteiger charge is 2.37. The van der Waals surface area contributed by atoms with Gasteiger partial charge in [-0.25, -0.2) is 4.98 Å². The Morgan fingerprint density at radius 2 is 2.00 bits per heavy atom. The van der Waals surface area contributed by atoms with E-state index in [1.54, 1.807) is 0 Å². The molecule has 104 valence electrons. The van der Waals surface area contributed by atoms with Crippen molar-refractivity contribution in [3.05, 3.63) is 22.1 Å². The van der Waals surface area contributed by atoms with Crippen LogP contribution in [-0.2, 0) is 11.0 Å². The monoisotopic (exact) mass is 277 g/mol. The highest BCUT2D eigenvalue weighted by atomic mass is 19.4. The lowest BCUT2D eigenvalue weighted by Gasteiger charge is -2.18. The van der Waals surface area contributed by atoms with Gasteiger partial charge in [0.05, 0.1) is 0 Å². The van der Waals surface area contributed by atoms with Crippen LogP contribution in [-0.4, -0.2) is 28.2 Å². The number of rotatable bonds is 1. The van der Waals surface area contributed by atoms with Crippen LogP contribution >= 0.6 is 0 Å². The van der Waals surface area contributed by atoms with E-state index in [2.05, 4.69) is 4.98 Å². The Balaban J connectivity index is 2.54. The molecule has 0 saturated carbocycles. The predicted octanol–water partition coefficient (Wildman–Crippen LogP) is -0.960. The van der Waals surface area contributed by atoms with E-state index in [-0.39, 0.29) is 19.0 Å². The number of carbonyl (C=O) groups excluding carboxylic acids is 1. The summed E-state index contributed by atoms with van der Waals surface area (Å²) < 4.78 is 38.1. The molecule has 0 aromatic carbocycles. The van der Waals surface area contributed by atoms with Crippen LogP contribution in [0, 0.1) is 0 Å². The summed E-state index contributed by atoms with van der Waals surface area (Å²) in [6.45, 7) is -0.0379. The minimum absolute atomic E-state index is 0.0356. The third-order valence-electron chi connectivity index (χ3n) is 2.62. The number of aromatic nitrogens is 2. The van der Waals surface area contributed by atoms with E-state index < -0.39 is 35.3 Å². The van der Waals surface area contributed by atoms with Gasteiger partial charge in [0, 0.05) is 25.1 Å². The Morgan fingerprint density at radius 3 is 2.47 bits per heavy atom. The fourth-order valence-corrected chi connectivity index (χ4v) is 1.74. The van der Waals surface area contributed by atoms with Crippen LogP contribution in [0.15, 0.2) is 10.9 Å². The fraction of sp³-hybridized carbons (Fsp3) is 0.444. The van der Waals surface area contributed by atoms with Crippen LogP contribution in [0.1, 0.15) is 12.1 Å². The van der Waals surface area contributed by atoms with Crippen molar-refractivity contribution in [2.24, 2.45) is 5.73 Å². The van der Waals surface area contributed by atoms with Crippen molar-refractivity contribution in [2.45, 2.75) is 18.6 Å². The average Bonchev–Trinajstić information content (AvgIpc) is 2.60. The number of hydrogen-bond donors (Lipinski definition) is 2. The quantitative estimate of drug-likeness (QED) is 0.643. The number of amides is 1. The third-order valence-corrected chi connectivity index (χ3v) is 2.62. The number of halogens is 3. The number of nitrogens with zero attached hydrogens (tertiary/aromatic N) is 3. The first-order valence-corrected chi connectivity index (χ1v) is 5.22. The van der Waals surface area contributed by atoms with Crippen molar-refractivity contribution >= 4 is 11.9 Å². The van der Waals surface area contributed by atoms with Gasteiger partial charge in [-0.2, -0.15) is 17.8 Å². The van der Waals surface area contributed by atoms with Gasteiger partial charge in [0.2, 0.25) is 11.9 Å². The van der Waals surface area contributed by atoms with Crippen LogP contribution in [0.25, 0.3) is 0 Å². The largest absolute Gasteiger partial charge is 0.433 e. The number of carbonyl (C=O) groups is 1. The summed E-state index contributed by atoms with van der Waals surface area (Å²) in [5.41, 5.74) is 3.02. The van der Waals surface area contributed by atoms with Crippen molar-refractivity contribution in [3.63, 3.8) is 0 Å². The normalized spacial score (nSPS) is 20.1. The first-order chi connectivity index (χ1) is 8.70. The zero-order chi connectivity index (χ0) is 14.4. The van der Waals surface area contributed by atoms with Crippen LogP contribution < -0.4 is 22.0 Å². The van der Waals surface area contributed by atoms with E-state index in [9.17, 15) is 22.8 Å². The molecule has 1 aliphatic rings. The molecule has 19 heavy (non-hydrogen) atoms. The van der Waals surface area contributed by atoms with Crippen LogP contribution in [0.5, 0.6) is 0 Å². The standard InChI is InChI=1S/C9H10F3N5O2/c10-9(11,12)5-2-7(19)17(14)8(15-5)16-3-4(13)1-6(16)18/h2,4H,1,3,13-14H2. The average molecular weight is 277 g/mol. The van der Waals surface area contributed by atoms with Crippen molar-refractivity contribution < 1.29 is 18.0 Å². The van der Waals surface area contributed by atoms with Gasteiger partial charge in [-0.15, -0.1) is 0 Å². The molecular formula is C9H10F3N5O2. The van der Waals surface area contributed by atoms with Crippen LogP contribution in [0.3, 0.4) is 0 Å². The summed E-state index contributed by atoms with van der Waals surface area (Å²) >= 11 is 0. The van der Waals surface area contributed by atoms with Gasteiger partial charge in [-0.1, -0.05) is 0 Å². The zero-order valence-corrected chi connectivity index (χ0v) is 9.52. The SMILES string of the molecule is NC1CC(=O)N(c2nc(C(F)(F)F)cc(=O)n2N)C1. The molecule has 1 fully saturated rings. The minimum atomic E-state index is -4.80. The van der Waals surface area contributed by atoms with Gasteiger partial charge in [-0.05, 0) is 0 Å². The lowest BCUT2D eigenvalue weighted by Crippen LogP contribution is -2.39. The van der Waals surface area contributed by atoms with Gasteiger partial charge < -0.3 is 11.6 Å². The van der Waals surface area contributed by atoms with Gasteiger partial charge in [0.15, 0.2) is 5.69 Å². The lowest BCUT2D eigenvalue weighted by molar-refractivity contribution is -0.141. The van der Waals surface area contributed by atoms with Crippen molar-refractivity contribution in [3.8, 4) is 0 Å². The summed E-state index contributed by atoms with van der Waals surface area (Å²) in [5, 5.41) is 0. The number of alkyl halides is 3. The maximum atomic E-state index is 12.6. The Hall–Kier alpha value is -2.10. The second-order valence-electron chi connectivity index (χ2n) is 4.12. The van der Waals surface area contributed by atoms with E-state index in [1.165, 1.54) is 0 Å². The molecule has 0 radical (unpaired) electrons. The third kappa shape index (κ3) is 2.38. The second-order valence-corrected chi connectivity index (χ2v) is 4.12. The molecule has 0 bridgehead atoms. The topological polar surface area (TPSA) is 107 Å². The van der Waals surface area contributed by atoms with E-state index >= 15 is 0 Å². The number of anilines is 1. The Kier molecular flexibility index (Phi) is 2.97. The molecule has 1 aromatic rings. The summed E-state index contributed by atoms with van der Waals surface area (Å²) in [5.74, 6) is 4.23. The van der Waals surface area contributed by atoms with Crippen molar-refractivity contribution in [2.75, 3.05) is 17.3 Å². The maximum Gasteiger partial charge on any atom is 0.433 e. The van der Waals surface area contributed by atoms with Gasteiger partial charge in [0.1, 0.15) is 0 Å². The Labute approximate surface area is 104 Å². The van der Waals surface area contributed by atoms with Crippen LogP contribution in [0.2, 0.25) is 0 Å².